The third kappa shape index (κ3) is 3.04. The molecule has 0 spiro atoms. The quantitative estimate of drug-likeness (QED) is 0.834. The van der Waals surface area contributed by atoms with E-state index in [9.17, 15) is 9.59 Å². The molecule has 0 saturated carbocycles. The molecular weight excluding hydrogens is 266 g/mol. The molecule has 0 radical (unpaired) electrons. The van der Waals surface area contributed by atoms with Gasteiger partial charge in [0.15, 0.2) is 0 Å². The minimum absolute atomic E-state index is 0.0730. The number of nitrogens with zero attached hydrogens (tertiary/aromatic N) is 2. The van der Waals surface area contributed by atoms with E-state index >= 15 is 0 Å². The Labute approximate surface area is 116 Å². The first-order valence-electron chi connectivity index (χ1n) is 6.22. The lowest BCUT2D eigenvalue weighted by Crippen LogP contribution is -2.48. The summed E-state index contributed by atoms with van der Waals surface area (Å²) >= 11 is 5.79. The summed E-state index contributed by atoms with van der Waals surface area (Å²) in [6.45, 7) is 2.31. The first-order chi connectivity index (χ1) is 8.99. The fourth-order valence-electron chi connectivity index (χ4n) is 2.30. The molecule has 1 aliphatic rings. The van der Waals surface area contributed by atoms with Gasteiger partial charge < -0.3 is 10.6 Å². The van der Waals surface area contributed by atoms with E-state index in [4.69, 9.17) is 17.3 Å². The number of likely N-dealkylation sites (tertiary alicyclic amines) is 1. The third-order valence-electron chi connectivity index (χ3n) is 3.48. The van der Waals surface area contributed by atoms with Gasteiger partial charge in [-0.2, -0.15) is 0 Å². The average molecular weight is 282 g/mol. The van der Waals surface area contributed by atoms with Gasteiger partial charge >= 0.3 is 0 Å². The van der Waals surface area contributed by atoms with E-state index in [1.165, 1.54) is 0 Å². The average Bonchev–Trinajstić information content (AvgIpc) is 2.38. The minimum Gasteiger partial charge on any atom is -0.369 e. The van der Waals surface area contributed by atoms with Crippen LogP contribution in [0.5, 0.6) is 0 Å². The van der Waals surface area contributed by atoms with Crippen LogP contribution in [0.25, 0.3) is 0 Å². The molecule has 5 nitrogen and oxygen atoms in total. The minimum atomic E-state index is -0.358. The maximum absolute atomic E-state index is 12.4. The Balaban J connectivity index is 2.19. The lowest BCUT2D eigenvalue weighted by atomic mass is 9.92. The maximum Gasteiger partial charge on any atom is 0.272 e. The van der Waals surface area contributed by atoms with Crippen LogP contribution in [0.3, 0.4) is 0 Å². The van der Waals surface area contributed by atoms with E-state index in [0.29, 0.717) is 12.2 Å². The summed E-state index contributed by atoms with van der Waals surface area (Å²) in [4.78, 5) is 29.3. The molecular formula is C13H16ClN3O2. The van der Waals surface area contributed by atoms with Crippen molar-refractivity contribution in [2.75, 3.05) is 6.54 Å². The topological polar surface area (TPSA) is 76.3 Å². The highest BCUT2D eigenvalue weighted by molar-refractivity contribution is 6.29. The molecule has 0 bridgehead atoms. The molecule has 2 rings (SSSR count). The van der Waals surface area contributed by atoms with Crippen molar-refractivity contribution in [3.05, 3.63) is 29.0 Å². The summed E-state index contributed by atoms with van der Waals surface area (Å²) in [6.07, 6.45) is 1.49. The number of pyridine rings is 1. The van der Waals surface area contributed by atoms with Gasteiger partial charge in [0.2, 0.25) is 5.91 Å². The molecule has 1 saturated heterocycles. The second-order valence-electron chi connectivity index (χ2n) is 4.83. The zero-order chi connectivity index (χ0) is 14.0. The van der Waals surface area contributed by atoms with Crippen LogP contribution >= 0.6 is 11.6 Å². The molecule has 2 N–H and O–H groups in total. The van der Waals surface area contributed by atoms with Crippen molar-refractivity contribution in [3.63, 3.8) is 0 Å². The highest BCUT2D eigenvalue weighted by Crippen LogP contribution is 2.23. The van der Waals surface area contributed by atoms with Gasteiger partial charge in [0.1, 0.15) is 10.8 Å². The summed E-state index contributed by atoms with van der Waals surface area (Å²) < 4.78 is 0. The Bertz CT molecular complexity index is 506. The van der Waals surface area contributed by atoms with E-state index in [-0.39, 0.29) is 28.9 Å². The van der Waals surface area contributed by atoms with Crippen LogP contribution in [-0.2, 0) is 4.79 Å². The molecule has 0 aliphatic carbocycles. The number of halogens is 1. The summed E-state index contributed by atoms with van der Waals surface area (Å²) in [7, 11) is 0. The second kappa shape index (κ2) is 5.57. The number of nitrogens with two attached hydrogens (primary N) is 1. The van der Waals surface area contributed by atoms with Crippen molar-refractivity contribution in [1.82, 2.24) is 9.88 Å². The van der Waals surface area contributed by atoms with Crippen molar-refractivity contribution >= 4 is 23.4 Å². The van der Waals surface area contributed by atoms with E-state index in [1.807, 2.05) is 6.92 Å². The van der Waals surface area contributed by atoms with Crippen molar-refractivity contribution in [2.24, 2.45) is 11.7 Å². The molecule has 1 aromatic heterocycles. The summed E-state index contributed by atoms with van der Waals surface area (Å²) in [5, 5.41) is 0.280. The highest BCUT2D eigenvalue weighted by atomic mass is 35.5. The Morgan fingerprint density at radius 2 is 2.16 bits per heavy atom. The number of rotatable bonds is 2. The Kier molecular flexibility index (Phi) is 4.04. The van der Waals surface area contributed by atoms with Gasteiger partial charge in [-0.05, 0) is 31.9 Å². The molecule has 2 amide bonds. The standard InChI is InChI=1S/C13H16ClN3O2/c1-8-5-6-9(12(15)18)7-17(8)13(19)10-3-2-4-11(14)16-10/h2-4,8-9H,5-7H2,1H3,(H2,15,18). The Morgan fingerprint density at radius 1 is 1.42 bits per heavy atom. The van der Waals surface area contributed by atoms with Crippen LogP contribution in [0.2, 0.25) is 5.15 Å². The van der Waals surface area contributed by atoms with Crippen molar-refractivity contribution in [2.45, 2.75) is 25.8 Å². The van der Waals surface area contributed by atoms with E-state index < -0.39 is 0 Å². The first-order valence-corrected chi connectivity index (χ1v) is 6.59. The normalized spacial score (nSPS) is 23.2. The number of aromatic nitrogens is 1. The number of amides is 2. The zero-order valence-corrected chi connectivity index (χ0v) is 11.4. The van der Waals surface area contributed by atoms with E-state index in [2.05, 4.69) is 4.98 Å². The molecule has 6 heteroatoms. The predicted octanol–water partition coefficient (Wildman–Crippen LogP) is 1.46. The van der Waals surface area contributed by atoms with Crippen LogP contribution in [0.15, 0.2) is 18.2 Å². The van der Waals surface area contributed by atoms with Gasteiger partial charge in [-0.1, -0.05) is 17.7 Å². The maximum atomic E-state index is 12.4. The predicted molar refractivity (Wildman–Crippen MR) is 71.7 cm³/mol. The molecule has 1 aliphatic heterocycles. The number of piperidine rings is 1. The number of primary amides is 1. The van der Waals surface area contributed by atoms with Crippen LogP contribution < -0.4 is 5.73 Å². The number of hydrogen-bond acceptors (Lipinski definition) is 3. The SMILES string of the molecule is CC1CCC(C(N)=O)CN1C(=O)c1cccc(Cl)n1. The van der Waals surface area contributed by atoms with Crippen molar-refractivity contribution < 1.29 is 9.59 Å². The Morgan fingerprint density at radius 3 is 2.79 bits per heavy atom. The van der Waals surface area contributed by atoms with Crippen LogP contribution in [0, 0.1) is 5.92 Å². The van der Waals surface area contributed by atoms with Gasteiger partial charge in [0.05, 0.1) is 5.92 Å². The van der Waals surface area contributed by atoms with Gasteiger partial charge in [-0.15, -0.1) is 0 Å². The number of hydrogen-bond donors (Lipinski definition) is 1. The summed E-state index contributed by atoms with van der Waals surface area (Å²) in [5.41, 5.74) is 5.62. The van der Waals surface area contributed by atoms with Gasteiger partial charge in [-0.25, -0.2) is 4.98 Å². The molecule has 1 fully saturated rings. The van der Waals surface area contributed by atoms with Crippen molar-refractivity contribution in [3.8, 4) is 0 Å². The fourth-order valence-corrected chi connectivity index (χ4v) is 2.46. The van der Waals surface area contributed by atoms with Gasteiger partial charge in [0.25, 0.3) is 5.91 Å². The molecule has 102 valence electrons. The van der Waals surface area contributed by atoms with Gasteiger partial charge in [0, 0.05) is 12.6 Å². The van der Waals surface area contributed by atoms with Crippen LogP contribution in [0.4, 0.5) is 0 Å². The molecule has 2 heterocycles. The monoisotopic (exact) mass is 281 g/mol. The molecule has 1 aromatic rings. The second-order valence-corrected chi connectivity index (χ2v) is 5.22. The molecule has 2 atom stereocenters. The number of carbonyl (C=O) groups is 2. The highest BCUT2D eigenvalue weighted by Gasteiger charge is 2.32. The first kappa shape index (κ1) is 13.8. The van der Waals surface area contributed by atoms with Crippen LogP contribution in [0.1, 0.15) is 30.3 Å². The smallest absolute Gasteiger partial charge is 0.272 e. The lowest BCUT2D eigenvalue weighted by molar-refractivity contribution is -0.123. The Hall–Kier alpha value is -1.62. The molecule has 0 aromatic carbocycles. The fraction of sp³-hybridized carbons (Fsp3) is 0.462. The van der Waals surface area contributed by atoms with E-state index in [1.54, 1.807) is 23.1 Å². The van der Waals surface area contributed by atoms with Gasteiger partial charge in [-0.3, -0.25) is 9.59 Å². The summed E-state index contributed by atoms with van der Waals surface area (Å²) in [5.74, 6) is -0.843. The van der Waals surface area contributed by atoms with Crippen LogP contribution in [-0.4, -0.2) is 34.3 Å². The van der Waals surface area contributed by atoms with E-state index in [0.717, 1.165) is 12.8 Å². The lowest BCUT2D eigenvalue weighted by Gasteiger charge is -2.36. The molecule has 2 unspecified atom stereocenters. The molecule has 19 heavy (non-hydrogen) atoms. The zero-order valence-electron chi connectivity index (χ0n) is 10.7. The third-order valence-corrected chi connectivity index (χ3v) is 3.69. The number of carbonyl (C=O) groups excluding carboxylic acids is 2. The largest absolute Gasteiger partial charge is 0.369 e. The van der Waals surface area contributed by atoms with Crippen molar-refractivity contribution in [1.29, 1.82) is 0 Å². The summed E-state index contributed by atoms with van der Waals surface area (Å²) in [6, 6.07) is 4.99.